The molecule has 1 aromatic carbocycles. The maximum Gasteiger partial charge on any atom is 0.573 e. The molecule has 5 rings (SSSR count). The molecule has 2 aliphatic rings. The van der Waals surface area contributed by atoms with Gasteiger partial charge in [0.25, 0.3) is 0 Å². The summed E-state index contributed by atoms with van der Waals surface area (Å²) >= 11 is 0. The summed E-state index contributed by atoms with van der Waals surface area (Å²) in [5, 5.41) is 11.8. The summed E-state index contributed by atoms with van der Waals surface area (Å²) in [6.07, 6.45) is -2.93. The van der Waals surface area contributed by atoms with E-state index in [2.05, 4.69) is 35.2 Å². The van der Waals surface area contributed by atoms with E-state index < -0.39 is 17.9 Å². The number of nitrogens with zero attached hydrogens (tertiary/aromatic N) is 6. The number of hydrogen-bond donors (Lipinski definition) is 1. The van der Waals surface area contributed by atoms with Gasteiger partial charge in [-0.2, -0.15) is 9.97 Å². The topological polar surface area (TPSA) is 103 Å². The van der Waals surface area contributed by atoms with Crippen molar-refractivity contribution in [3.05, 3.63) is 29.8 Å². The van der Waals surface area contributed by atoms with E-state index in [0.29, 0.717) is 29.6 Å². The van der Waals surface area contributed by atoms with E-state index in [0.717, 1.165) is 38.1 Å². The van der Waals surface area contributed by atoms with Crippen LogP contribution in [0.15, 0.2) is 22.7 Å². The lowest BCUT2D eigenvalue weighted by Crippen LogP contribution is -2.48. The Balaban J connectivity index is 1.30. The number of nitrogens with one attached hydrogen (secondary N) is 1. The average Bonchev–Trinajstić information content (AvgIpc) is 3.45. The molecule has 36 heavy (non-hydrogen) atoms. The van der Waals surface area contributed by atoms with Crippen molar-refractivity contribution < 1.29 is 31.6 Å². The van der Waals surface area contributed by atoms with Crippen LogP contribution in [-0.4, -0.2) is 50.4 Å². The molecule has 1 aliphatic carbocycles. The summed E-state index contributed by atoms with van der Waals surface area (Å²) in [6, 6.07) is 3.44. The molecule has 3 heterocycles. The smallest absolute Gasteiger partial charge is 0.424 e. The third-order valence-corrected chi connectivity index (χ3v) is 6.34. The van der Waals surface area contributed by atoms with Crippen LogP contribution in [0.4, 0.5) is 29.5 Å². The molecular weight excluding hydrogens is 486 g/mol. The average molecular weight is 511 g/mol. The van der Waals surface area contributed by atoms with Crippen molar-refractivity contribution in [3.8, 4) is 17.5 Å². The van der Waals surface area contributed by atoms with Crippen LogP contribution >= 0.6 is 0 Å². The molecule has 3 aromatic rings. The fraction of sp³-hybridized carbons (Fsp3) is 0.545. The molecule has 2 fully saturated rings. The first-order valence-electron chi connectivity index (χ1n) is 11.6. The Morgan fingerprint density at radius 2 is 1.86 bits per heavy atom. The van der Waals surface area contributed by atoms with Crippen molar-refractivity contribution in [1.82, 2.24) is 24.9 Å². The Hall–Kier alpha value is -3.58. The van der Waals surface area contributed by atoms with Gasteiger partial charge >= 0.3 is 18.4 Å². The van der Waals surface area contributed by atoms with Gasteiger partial charge in [0.15, 0.2) is 17.4 Å². The zero-order valence-electron chi connectivity index (χ0n) is 19.8. The molecule has 1 N–H and O–H groups in total. The minimum Gasteiger partial charge on any atom is -0.424 e. The second-order valence-electron chi connectivity index (χ2n) is 9.30. The van der Waals surface area contributed by atoms with Gasteiger partial charge in [0.1, 0.15) is 5.75 Å². The first kappa shape index (κ1) is 24.1. The standard InChI is InChI=1S/C22H25F4N7O3/c1-11(2)33-21(34-15-6-7-17(16(23)8-15)35-22(24,25)26)29-19(30-33)28-18-13-4-5-14(18)10-32(9-13)20-27-12(3)31-36-20/h6-8,11,13-14,18H,4-5,9-10H2,1-3H3,(H,28,30). The third-order valence-electron chi connectivity index (χ3n) is 6.34. The number of alkyl halides is 3. The summed E-state index contributed by atoms with van der Waals surface area (Å²) in [4.78, 5) is 10.9. The molecule has 0 amide bonds. The fourth-order valence-electron chi connectivity index (χ4n) is 4.81. The number of rotatable bonds is 7. The second kappa shape index (κ2) is 9.13. The monoisotopic (exact) mass is 511 g/mol. The Morgan fingerprint density at radius 3 is 2.44 bits per heavy atom. The van der Waals surface area contributed by atoms with E-state index in [1.165, 1.54) is 10.7 Å². The van der Waals surface area contributed by atoms with E-state index in [1.807, 2.05) is 13.8 Å². The van der Waals surface area contributed by atoms with Gasteiger partial charge in [0.2, 0.25) is 5.95 Å². The van der Waals surface area contributed by atoms with Crippen molar-refractivity contribution in [2.75, 3.05) is 23.3 Å². The second-order valence-corrected chi connectivity index (χ2v) is 9.30. The molecular formula is C22H25F4N7O3. The first-order chi connectivity index (χ1) is 17.1. The van der Waals surface area contributed by atoms with Crippen molar-refractivity contribution in [2.45, 2.75) is 52.1 Å². The molecule has 1 aliphatic heterocycles. The van der Waals surface area contributed by atoms with Crippen molar-refractivity contribution in [3.63, 3.8) is 0 Å². The molecule has 2 aromatic heterocycles. The SMILES string of the molecule is Cc1noc(N2CC3CCC(C2)C3Nc2nc(Oc3ccc(OC(F)(F)F)c(F)c3)n(C(C)C)n2)n1. The number of halogens is 4. The number of ether oxygens (including phenoxy) is 2. The Kier molecular flexibility index (Phi) is 6.12. The lowest BCUT2D eigenvalue weighted by atomic mass is 9.92. The Labute approximate surface area is 203 Å². The van der Waals surface area contributed by atoms with Crippen LogP contribution in [0.2, 0.25) is 0 Å². The number of fused-ring (bicyclic) bond motifs is 2. The van der Waals surface area contributed by atoms with Gasteiger partial charge in [0, 0.05) is 25.2 Å². The number of hydrogen-bond acceptors (Lipinski definition) is 9. The van der Waals surface area contributed by atoms with Gasteiger partial charge in [-0.15, -0.1) is 18.3 Å². The largest absolute Gasteiger partial charge is 0.573 e. The highest BCUT2D eigenvalue weighted by atomic mass is 19.4. The summed E-state index contributed by atoms with van der Waals surface area (Å²) < 4.78 is 67.6. The summed E-state index contributed by atoms with van der Waals surface area (Å²) in [7, 11) is 0. The lowest BCUT2D eigenvalue weighted by molar-refractivity contribution is -0.275. The predicted octanol–water partition coefficient (Wildman–Crippen LogP) is 4.71. The number of benzene rings is 1. The lowest BCUT2D eigenvalue weighted by Gasteiger charge is -2.37. The van der Waals surface area contributed by atoms with Gasteiger partial charge in [-0.25, -0.2) is 9.07 Å². The van der Waals surface area contributed by atoms with Crippen LogP contribution < -0.4 is 19.7 Å². The van der Waals surface area contributed by atoms with Gasteiger partial charge in [-0.05, 0) is 57.6 Å². The zero-order valence-corrected chi connectivity index (χ0v) is 19.8. The molecule has 1 saturated carbocycles. The molecule has 194 valence electrons. The van der Waals surface area contributed by atoms with Crippen LogP contribution in [0, 0.1) is 24.6 Å². The van der Waals surface area contributed by atoms with E-state index in [1.54, 1.807) is 6.92 Å². The number of aromatic nitrogens is 5. The minimum absolute atomic E-state index is 0.0360. The quantitative estimate of drug-likeness (QED) is 0.452. The Bertz CT molecular complexity index is 1210. The van der Waals surface area contributed by atoms with Crippen LogP contribution in [0.25, 0.3) is 0 Å². The maximum atomic E-state index is 14.1. The number of aryl methyl sites for hydroxylation is 1. The third kappa shape index (κ3) is 5.02. The summed E-state index contributed by atoms with van der Waals surface area (Å²) in [5.41, 5.74) is 0. The molecule has 2 bridgehead atoms. The molecule has 2 unspecified atom stereocenters. The van der Waals surface area contributed by atoms with Crippen molar-refractivity contribution >= 4 is 12.0 Å². The van der Waals surface area contributed by atoms with E-state index in [4.69, 9.17) is 9.26 Å². The predicted molar refractivity (Wildman–Crippen MR) is 118 cm³/mol. The van der Waals surface area contributed by atoms with Crippen LogP contribution in [0.5, 0.6) is 17.5 Å². The van der Waals surface area contributed by atoms with Crippen LogP contribution in [0.1, 0.15) is 38.6 Å². The van der Waals surface area contributed by atoms with Crippen molar-refractivity contribution in [1.29, 1.82) is 0 Å². The normalized spacial score (nSPS) is 21.8. The molecule has 2 atom stereocenters. The van der Waals surface area contributed by atoms with Crippen molar-refractivity contribution in [2.24, 2.45) is 11.8 Å². The Morgan fingerprint density at radius 1 is 1.14 bits per heavy atom. The van der Waals surface area contributed by atoms with E-state index in [9.17, 15) is 17.6 Å². The molecule has 14 heteroatoms. The highest BCUT2D eigenvalue weighted by molar-refractivity contribution is 5.37. The summed E-state index contributed by atoms with van der Waals surface area (Å²) in [6.45, 7) is 7.05. The van der Waals surface area contributed by atoms with Gasteiger partial charge in [-0.3, -0.25) is 0 Å². The van der Waals surface area contributed by atoms with E-state index >= 15 is 0 Å². The van der Waals surface area contributed by atoms with Gasteiger partial charge in [-0.1, -0.05) is 5.16 Å². The highest BCUT2D eigenvalue weighted by Gasteiger charge is 2.44. The highest BCUT2D eigenvalue weighted by Crippen LogP contribution is 2.40. The minimum atomic E-state index is -5.00. The fourth-order valence-corrected chi connectivity index (χ4v) is 4.81. The molecule has 10 nitrogen and oxygen atoms in total. The molecule has 0 radical (unpaired) electrons. The number of anilines is 2. The van der Waals surface area contributed by atoms with Gasteiger partial charge in [0.05, 0.1) is 6.04 Å². The zero-order chi connectivity index (χ0) is 25.6. The maximum absolute atomic E-state index is 14.1. The molecule has 0 spiro atoms. The van der Waals surface area contributed by atoms with Crippen LogP contribution in [-0.2, 0) is 0 Å². The first-order valence-corrected chi connectivity index (χ1v) is 11.6. The molecule has 1 saturated heterocycles. The number of piperidine rings is 1. The summed E-state index contributed by atoms with van der Waals surface area (Å²) in [5.74, 6) is -0.593. The van der Waals surface area contributed by atoms with Gasteiger partial charge < -0.3 is 24.2 Å². The van der Waals surface area contributed by atoms with E-state index in [-0.39, 0.29) is 23.8 Å². The van der Waals surface area contributed by atoms with Crippen LogP contribution in [0.3, 0.4) is 0 Å².